The van der Waals surface area contributed by atoms with E-state index in [1.165, 1.54) is 24.1 Å². The van der Waals surface area contributed by atoms with Gasteiger partial charge in [0, 0.05) is 6.07 Å². The van der Waals surface area contributed by atoms with Crippen molar-refractivity contribution in [3.63, 3.8) is 0 Å². The third-order valence-electron chi connectivity index (χ3n) is 2.77. The summed E-state index contributed by atoms with van der Waals surface area (Å²) in [5.74, 6) is -0.109. The van der Waals surface area contributed by atoms with Crippen LogP contribution in [0.15, 0.2) is 18.2 Å². The highest BCUT2D eigenvalue weighted by Gasteiger charge is 2.35. The Balaban J connectivity index is 2.54. The summed E-state index contributed by atoms with van der Waals surface area (Å²) in [6, 6.07) is 4.33. The SMILES string of the molecule is COc1cccc([N+](=O)[O-])c1N1CC(O)CC1=O. The van der Waals surface area contributed by atoms with E-state index < -0.39 is 11.0 Å². The van der Waals surface area contributed by atoms with Crippen LogP contribution < -0.4 is 9.64 Å². The Hall–Kier alpha value is -2.15. The highest BCUT2D eigenvalue weighted by Crippen LogP contribution is 2.39. The minimum atomic E-state index is -0.804. The van der Waals surface area contributed by atoms with Crippen LogP contribution in [0.1, 0.15) is 6.42 Å². The number of hydrogen-bond donors (Lipinski definition) is 1. The highest BCUT2D eigenvalue weighted by molar-refractivity contribution is 5.99. The van der Waals surface area contributed by atoms with Gasteiger partial charge in [0.05, 0.1) is 31.1 Å². The van der Waals surface area contributed by atoms with Crippen molar-refractivity contribution >= 4 is 17.3 Å². The first kappa shape index (κ1) is 12.3. The molecule has 1 N–H and O–H groups in total. The summed E-state index contributed by atoms with van der Waals surface area (Å²) < 4.78 is 5.05. The second kappa shape index (κ2) is 4.61. The molecular weight excluding hydrogens is 240 g/mol. The maximum Gasteiger partial charge on any atom is 0.296 e. The molecule has 0 saturated carbocycles. The molecule has 1 unspecified atom stereocenters. The van der Waals surface area contributed by atoms with Crippen LogP contribution in [0.25, 0.3) is 0 Å². The monoisotopic (exact) mass is 252 g/mol. The Labute approximate surface area is 103 Å². The molecule has 0 bridgehead atoms. The van der Waals surface area contributed by atoms with Crippen molar-refractivity contribution in [1.29, 1.82) is 0 Å². The van der Waals surface area contributed by atoms with Crippen LogP contribution >= 0.6 is 0 Å². The molecule has 2 rings (SSSR count). The standard InChI is InChI=1S/C11H12N2O5/c1-18-9-4-2-3-8(13(16)17)11(9)12-6-7(14)5-10(12)15/h2-4,7,14H,5-6H2,1H3. The highest BCUT2D eigenvalue weighted by atomic mass is 16.6. The van der Waals surface area contributed by atoms with Gasteiger partial charge in [0.2, 0.25) is 5.91 Å². The first-order valence-corrected chi connectivity index (χ1v) is 5.34. The number of benzene rings is 1. The Morgan fingerprint density at radius 3 is 2.78 bits per heavy atom. The molecule has 1 amide bonds. The van der Waals surface area contributed by atoms with Gasteiger partial charge in [-0.05, 0) is 6.07 Å². The number of amides is 1. The van der Waals surface area contributed by atoms with Crippen LogP contribution in [0.2, 0.25) is 0 Å². The maximum absolute atomic E-state index is 11.7. The van der Waals surface area contributed by atoms with Gasteiger partial charge in [-0.15, -0.1) is 0 Å². The Kier molecular flexibility index (Phi) is 3.15. The lowest BCUT2D eigenvalue weighted by Crippen LogP contribution is -2.26. The average Bonchev–Trinajstić information content (AvgIpc) is 2.67. The van der Waals surface area contributed by atoms with Gasteiger partial charge in [-0.25, -0.2) is 0 Å². The van der Waals surface area contributed by atoms with E-state index in [0.717, 1.165) is 0 Å². The van der Waals surface area contributed by atoms with Gasteiger partial charge < -0.3 is 14.7 Å². The number of carbonyl (C=O) groups is 1. The molecule has 0 spiro atoms. The zero-order valence-corrected chi connectivity index (χ0v) is 9.70. The van der Waals surface area contributed by atoms with E-state index in [0.29, 0.717) is 0 Å². The number of methoxy groups -OCH3 is 1. The molecule has 1 aliphatic heterocycles. The molecule has 1 atom stereocenters. The zero-order valence-electron chi connectivity index (χ0n) is 9.70. The van der Waals surface area contributed by atoms with Crippen molar-refractivity contribution in [2.45, 2.75) is 12.5 Å². The van der Waals surface area contributed by atoms with Crippen LogP contribution in [0.4, 0.5) is 11.4 Å². The van der Waals surface area contributed by atoms with E-state index in [1.54, 1.807) is 6.07 Å². The molecule has 1 aliphatic rings. The number of aliphatic hydroxyl groups excluding tert-OH is 1. The smallest absolute Gasteiger partial charge is 0.296 e. The van der Waals surface area contributed by atoms with Crippen LogP contribution in [0, 0.1) is 10.1 Å². The average molecular weight is 252 g/mol. The van der Waals surface area contributed by atoms with E-state index in [9.17, 15) is 20.0 Å². The first-order chi connectivity index (χ1) is 8.54. The fraction of sp³-hybridized carbons (Fsp3) is 0.364. The predicted molar refractivity (Wildman–Crippen MR) is 62.6 cm³/mol. The summed E-state index contributed by atoms with van der Waals surface area (Å²) in [6.07, 6.45) is -0.836. The third kappa shape index (κ3) is 2.00. The summed E-state index contributed by atoms with van der Waals surface area (Å²) >= 11 is 0. The number of anilines is 1. The van der Waals surface area contributed by atoms with Crippen LogP contribution in [-0.2, 0) is 4.79 Å². The number of β-amino-alcohol motifs (C(OH)–C–C–N with tert-alkyl or cyclic N) is 1. The van der Waals surface area contributed by atoms with E-state index in [4.69, 9.17) is 4.74 Å². The van der Waals surface area contributed by atoms with Gasteiger partial charge >= 0.3 is 0 Å². The molecule has 18 heavy (non-hydrogen) atoms. The molecule has 96 valence electrons. The van der Waals surface area contributed by atoms with Crippen molar-refractivity contribution in [2.24, 2.45) is 0 Å². The fourth-order valence-electron chi connectivity index (χ4n) is 2.00. The number of aliphatic hydroxyl groups is 1. The van der Waals surface area contributed by atoms with Gasteiger partial charge in [-0.2, -0.15) is 0 Å². The zero-order chi connectivity index (χ0) is 13.3. The molecule has 1 aromatic rings. The number of hydrogen-bond acceptors (Lipinski definition) is 5. The van der Waals surface area contributed by atoms with Crippen LogP contribution in [0.3, 0.4) is 0 Å². The molecule has 1 heterocycles. The molecule has 0 aliphatic carbocycles. The Morgan fingerprint density at radius 2 is 2.28 bits per heavy atom. The number of rotatable bonds is 3. The lowest BCUT2D eigenvalue weighted by molar-refractivity contribution is -0.384. The predicted octanol–water partition coefficient (Wildman–Crippen LogP) is 0.701. The lowest BCUT2D eigenvalue weighted by atomic mass is 10.2. The normalized spacial score (nSPS) is 19.1. The third-order valence-corrected chi connectivity index (χ3v) is 2.77. The summed E-state index contributed by atoms with van der Waals surface area (Å²) in [4.78, 5) is 23.3. The van der Waals surface area contributed by atoms with Gasteiger partial charge in [0.1, 0.15) is 5.75 Å². The van der Waals surface area contributed by atoms with Gasteiger partial charge in [-0.3, -0.25) is 14.9 Å². The molecule has 1 fully saturated rings. The van der Waals surface area contributed by atoms with E-state index in [2.05, 4.69) is 0 Å². The van der Waals surface area contributed by atoms with Crippen molar-refractivity contribution in [2.75, 3.05) is 18.6 Å². The number of nitrogens with zero attached hydrogens (tertiary/aromatic N) is 2. The summed E-state index contributed by atoms with van der Waals surface area (Å²) in [7, 11) is 1.37. The summed E-state index contributed by atoms with van der Waals surface area (Å²) in [5, 5.41) is 20.4. The second-order valence-corrected chi connectivity index (χ2v) is 3.95. The minimum absolute atomic E-state index is 0.0325. The lowest BCUT2D eigenvalue weighted by Gasteiger charge is -2.18. The fourth-order valence-corrected chi connectivity index (χ4v) is 2.00. The number of nitro benzene ring substituents is 1. The van der Waals surface area contributed by atoms with Crippen molar-refractivity contribution in [3.8, 4) is 5.75 Å². The van der Waals surface area contributed by atoms with Gasteiger partial charge in [0.25, 0.3) is 5.69 Å². The Morgan fingerprint density at radius 1 is 1.56 bits per heavy atom. The number of carbonyl (C=O) groups excluding carboxylic acids is 1. The summed E-state index contributed by atoms with van der Waals surface area (Å²) in [6.45, 7) is 0.0417. The topological polar surface area (TPSA) is 92.9 Å². The van der Waals surface area contributed by atoms with E-state index >= 15 is 0 Å². The van der Waals surface area contributed by atoms with Crippen molar-refractivity contribution in [3.05, 3.63) is 28.3 Å². The number of ether oxygens (including phenoxy) is 1. The molecule has 7 heteroatoms. The molecule has 0 aromatic heterocycles. The molecule has 1 saturated heterocycles. The quantitative estimate of drug-likeness (QED) is 0.631. The van der Waals surface area contributed by atoms with Crippen LogP contribution in [0.5, 0.6) is 5.75 Å². The number of para-hydroxylation sites is 1. The summed E-state index contributed by atoms with van der Waals surface area (Å²) in [5.41, 5.74) is -0.108. The Bertz CT molecular complexity index is 502. The van der Waals surface area contributed by atoms with Crippen LogP contribution in [-0.4, -0.2) is 35.7 Å². The number of nitro groups is 1. The van der Waals surface area contributed by atoms with Gasteiger partial charge in [0.15, 0.2) is 5.69 Å². The minimum Gasteiger partial charge on any atom is -0.494 e. The van der Waals surface area contributed by atoms with E-state index in [1.807, 2.05) is 0 Å². The second-order valence-electron chi connectivity index (χ2n) is 3.95. The van der Waals surface area contributed by atoms with Gasteiger partial charge in [-0.1, -0.05) is 6.07 Å². The molecule has 7 nitrogen and oxygen atoms in total. The van der Waals surface area contributed by atoms with E-state index in [-0.39, 0.29) is 36.0 Å². The molecule has 0 radical (unpaired) electrons. The molecule has 1 aromatic carbocycles. The molecular formula is C11H12N2O5. The maximum atomic E-state index is 11.7. The largest absolute Gasteiger partial charge is 0.494 e. The van der Waals surface area contributed by atoms with Crippen molar-refractivity contribution < 1.29 is 19.6 Å². The first-order valence-electron chi connectivity index (χ1n) is 5.34. The van der Waals surface area contributed by atoms with Crippen molar-refractivity contribution in [1.82, 2.24) is 0 Å².